The van der Waals surface area contributed by atoms with Crippen molar-refractivity contribution in [1.29, 1.82) is 5.26 Å². The van der Waals surface area contributed by atoms with Crippen molar-refractivity contribution in [2.75, 3.05) is 13.1 Å². The molecule has 0 saturated carbocycles. The number of hydrogen-bond donors (Lipinski definition) is 0. The molecule has 4 nitrogen and oxygen atoms in total. The predicted octanol–water partition coefficient (Wildman–Crippen LogP) is 6.38. The summed E-state index contributed by atoms with van der Waals surface area (Å²) >= 11 is 6.65. The maximum Gasteiger partial charge on any atom is 0.256 e. The molecule has 3 aromatic rings. The summed E-state index contributed by atoms with van der Waals surface area (Å²) in [6, 6.07) is 22.8. The number of nitriles is 1. The van der Waals surface area contributed by atoms with Gasteiger partial charge in [0.25, 0.3) is 5.91 Å². The number of rotatable bonds is 7. The molecule has 2 aliphatic rings. The van der Waals surface area contributed by atoms with Gasteiger partial charge < -0.3 is 4.90 Å². The zero-order valence-corrected chi connectivity index (χ0v) is 21.6. The fourth-order valence-electron chi connectivity index (χ4n) is 5.50. The summed E-state index contributed by atoms with van der Waals surface area (Å²) in [6.07, 6.45) is 4.33. The van der Waals surface area contributed by atoms with Crippen LogP contribution in [0.4, 0.5) is 0 Å². The molecule has 5 rings (SSSR count). The highest BCUT2D eigenvalue weighted by molar-refractivity contribution is 6.34. The van der Waals surface area contributed by atoms with E-state index in [2.05, 4.69) is 60.4 Å². The molecule has 36 heavy (non-hydrogen) atoms. The Kier molecular flexibility index (Phi) is 7.41. The minimum atomic E-state index is 0.0391. The molecule has 1 saturated heterocycles. The van der Waals surface area contributed by atoms with E-state index < -0.39 is 0 Å². The maximum absolute atomic E-state index is 13.1. The highest BCUT2D eigenvalue weighted by Crippen LogP contribution is 2.33. The minimum absolute atomic E-state index is 0.0391. The summed E-state index contributed by atoms with van der Waals surface area (Å²) in [4.78, 5) is 17.5. The van der Waals surface area contributed by atoms with Gasteiger partial charge in [0.15, 0.2) is 0 Å². The van der Waals surface area contributed by atoms with Crippen LogP contribution in [0, 0.1) is 17.2 Å². The van der Waals surface area contributed by atoms with Crippen molar-refractivity contribution >= 4 is 17.5 Å². The van der Waals surface area contributed by atoms with Crippen molar-refractivity contribution in [2.45, 2.75) is 52.2 Å². The molecule has 2 aliphatic heterocycles. The molecule has 0 unspecified atom stereocenters. The number of amides is 1. The summed E-state index contributed by atoms with van der Waals surface area (Å²) in [7, 11) is 0. The Balaban J connectivity index is 1.17. The number of piperidine rings is 1. The van der Waals surface area contributed by atoms with E-state index in [1.165, 1.54) is 16.7 Å². The number of nitrogens with zero attached hydrogens (tertiary/aromatic N) is 3. The molecule has 0 atom stereocenters. The molecule has 184 valence electrons. The van der Waals surface area contributed by atoms with E-state index in [1.807, 2.05) is 23.1 Å². The van der Waals surface area contributed by atoms with Crippen LogP contribution in [0.3, 0.4) is 0 Å². The second kappa shape index (κ2) is 10.9. The molecule has 0 aliphatic carbocycles. The lowest BCUT2D eigenvalue weighted by Gasteiger charge is -2.32. The van der Waals surface area contributed by atoms with Crippen LogP contribution < -0.4 is 0 Å². The minimum Gasteiger partial charge on any atom is -0.330 e. The van der Waals surface area contributed by atoms with Crippen molar-refractivity contribution < 1.29 is 4.79 Å². The van der Waals surface area contributed by atoms with Crippen LogP contribution in [0.1, 0.15) is 63.5 Å². The molecular formula is C31H32ClN3O. The molecule has 1 fully saturated rings. The number of benzene rings is 3. The van der Waals surface area contributed by atoms with E-state index in [-0.39, 0.29) is 5.91 Å². The van der Waals surface area contributed by atoms with Gasteiger partial charge in [0.05, 0.1) is 22.2 Å². The number of aryl methyl sites for hydroxylation is 1. The van der Waals surface area contributed by atoms with Crippen LogP contribution in [0.25, 0.3) is 0 Å². The third kappa shape index (κ3) is 5.48. The lowest BCUT2D eigenvalue weighted by molar-refractivity contribution is 0.0767. The lowest BCUT2D eigenvalue weighted by atomic mass is 9.89. The molecule has 0 radical (unpaired) electrons. The molecule has 0 bridgehead atoms. The molecule has 2 heterocycles. The van der Waals surface area contributed by atoms with Gasteiger partial charge in [-0.1, -0.05) is 61.0 Å². The van der Waals surface area contributed by atoms with Gasteiger partial charge in [-0.3, -0.25) is 9.69 Å². The number of fused-ring (bicyclic) bond motifs is 1. The van der Waals surface area contributed by atoms with Crippen molar-refractivity contribution in [2.24, 2.45) is 5.92 Å². The largest absolute Gasteiger partial charge is 0.330 e. The molecule has 0 aromatic heterocycles. The highest BCUT2D eigenvalue weighted by Gasteiger charge is 2.30. The zero-order valence-electron chi connectivity index (χ0n) is 20.8. The van der Waals surface area contributed by atoms with Crippen molar-refractivity contribution in [3.8, 4) is 6.07 Å². The fourth-order valence-corrected chi connectivity index (χ4v) is 5.84. The van der Waals surface area contributed by atoms with E-state index in [4.69, 9.17) is 16.9 Å². The zero-order chi connectivity index (χ0) is 25.1. The monoisotopic (exact) mass is 497 g/mol. The first kappa shape index (κ1) is 24.6. The molecule has 0 N–H and O–H groups in total. The Labute approximate surface area is 219 Å². The first-order valence-electron chi connectivity index (χ1n) is 12.9. The Hall–Kier alpha value is -3.13. The second-order valence-electron chi connectivity index (χ2n) is 10.2. The SMILES string of the molecule is CCc1ccc(CN2Cc3cc(CC4CCN(Cc5ccc(C#N)cc5)CC4)cc(Cl)c3C2=O)cc1. The quantitative estimate of drug-likeness (QED) is 0.380. The van der Waals surface area contributed by atoms with Gasteiger partial charge in [0.2, 0.25) is 0 Å². The maximum atomic E-state index is 13.1. The van der Waals surface area contributed by atoms with Crippen molar-refractivity contribution in [3.63, 3.8) is 0 Å². The molecule has 0 spiro atoms. The van der Waals surface area contributed by atoms with E-state index in [0.717, 1.165) is 56.4 Å². The average Bonchev–Trinajstić information content (AvgIpc) is 3.21. The first-order valence-corrected chi connectivity index (χ1v) is 13.3. The van der Waals surface area contributed by atoms with E-state index in [9.17, 15) is 4.79 Å². The van der Waals surface area contributed by atoms with E-state index in [1.54, 1.807) is 0 Å². The van der Waals surface area contributed by atoms with Crippen LogP contribution in [-0.4, -0.2) is 28.8 Å². The van der Waals surface area contributed by atoms with Crippen molar-refractivity contribution in [1.82, 2.24) is 9.80 Å². The molecular weight excluding hydrogens is 466 g/mol. The van der Waals surface area contributed by atoms with Gasteiger partial charge in [-0.05, 0) is 90.7 Å². The van der Waals surface area contributed by atoms with Crippen LogP contribution in [0.15, 0.2) is 60.7 Å². The van der Waals surface area contributed by atoms with Crippen LogP contribution in [0.5, 0.6) is 0 Å². The summed E-state index contributed by atoms with van der Waals surface area (Å²) < 4.78 is 0. The Morgan fingerprint density at radius 3 is 2.22 bits per heavy atom. The fraction of sp³-hybridized carbons (Fsp3) is 0.355. The van der Waals surface area contributed by atoms with Gasteiger partial charge in [-0.2, -0.15) is 5.26 Å². The van der Waals surface area contributed by atoms with E-state index in [0.29, 0.717) is 35.2 Å². The van der Waals surface area contributed by atoms with Crippen LogP contribution >= 0.6 is 11.6 Å². The summed E-state index contributed by atoms with van der Waals surface area (Å²) in [5, 5.41) is 9.58. The third-order valence-corrected chi connectivity index (χ3v) is 7.92. The van der Waals surface area contributed by atoms with Gasteiger partial charge in [0.1, 0.15) is 0 Å². The topological polar surface area (TPSA) is 47.3 Å². The molecule has 3 aromatic carbocycles. The third-order valence-electron chi connectivity index (χ3n) is 7.62. The smallest absolute Gasteiger partial charge is 0.256 e. The number of likely N-dealkylation sites (tertiary alicyclic amines) is 1. The molecule has 5 heteroatoms. The Morgan fingerprint density at radius 2 is 1.56 bits per heavy atom. The van der Waals surface area contributed by atoms with E-state index >= 15 is 0 Å². The average molecular weight is 498 g/mol. The first-order chi connectivity index (χ1) is 17.5. The normalized spacial score (nSPS) is 16.2. The summed E-state index contributed by atoms with van der Waals surface area (Å²) in [5.41, 5.74) is 7.41. The molecule has 1 amide bonds. The van der Waals surface area contributed by atoms with Crippen LogP contribution in [-0.2, 0) is 32.5 Å². The number of halogens is 1. The predicted molar refractivity (Wildman–Crippen MR) is 144 cm³/mol. The number of carbonyl (C=O) groups is 1. The summed E-state index contributed by atoms with van der Waals surface area (Å²) in [6.45, 7) is 6.47. The van der Waals surface area contributed by atoms with Gasteiger partial charge in [-0.15, -0.1) is 0 Å². The number of hydrogen-bond acceptors (Lipinski definition) is 3. The van der Waals surface area contributed by atoms with Gasteiger partial charge in [0, 0.05) is 19.6 Å². The van der Waals surface area contributed by atoms with Crippen molar-refractivity contribution in [3.05, 3.63) is 105 Å². The number of carbonyl (C=O) groups excluding carboxylic acids is 1. The highest BCUT2D eigenvalue weighted by atomic mass is 35.5. The lowest BCUT2D eigenvalue weighted by Crippen LogP contribution is -2.33. The Morgan fingerprint density at radius 1 is 0.917 bits per heavy atom. The standard InChI is InChI=1S/C31H32ClN3O/c1-2-22-3-7-26(8-4-22)20-35-21-28-16-27(17-29(32)30(28)31(35)36)15-23-11-13-34(14-12-23)19-25-9-5-24(18-33)6-10-25/h3-10,16-17,23H,2,11-15,19-21H2,1H3. The second-order valence-corrected chi connectivity index (χ2v) is 10.6. The summed E-state index contributed by atoms with van der Waals surface area (Å²) in [5.74, 6) is 0.666. The van der Waals surface area contributed by atoms with Crippen LogP contribution in [0.2, 0.25) is 5.02 Å². The van der Waals surface area contributed by atoms with Gasteiger partial charge in [-0.25, -0.2) is 0 Å². The Bertz CT molecular complexity index is 1270. The van der Waals surface area contributed by atoms with Gasteiger partial charge >= 0.3 is 0 Å².